The first kappa shape index (κ1) is 16.5. The highest BCUT2D eigenvalue weighted by atomic mass is 35.5. The van der Waals surface area contributed by atoms with E-state index in [2.05, 4.69) is 5.18 Å². The molecule has 0 radical (unpaired) electrons. The lowest BCUT2D eigenvalue weighted by molar-refractivity contribution is 0.416. The molecule has 24 heavy (non-hydrogen) atoms. The molecule has 0 bridgehead atoms. The first-order chi connectivity index (χ1) is 11.7. The van der Waals surface area contributed by atoms with Gasteiger partial charge >= 0.3 is 0 Å². The molecule has 0 saturated heterocycles. The molecule has 5 heteroatoms. The van der Waals surface area contributed by atoms with Crippen LogP contribution in [0.25, 0.3) is 22.3 Å². The largest absolute Gasteiger partial charge is 0.494 e. The van der Waals surface area contributed by atoms with Crippen molar-refractivity contribution in [2.75, 3.05) is 7.11 Å². The average Bonchev–Trinajstić information content (AvgIpc) is 2.62. The van der Waals surface area contributed by atoms with Crippen LogP contribution in [0.5, 0.6) is 5.75 Å². The van der Waals surface area contributed by atoms with E-state index in [0.717, 1.165) is 16.7 Å². The highest BCUT2D eigenvalue weighted by molar-refractivity contribution is 6.34. The topological polar surface area (TPSA) is 38.7 Å². The van der Waals surface area contributed by atoms with E-state index in [0.29, 0.717) is 21.4 Å². The Labute approximate surface area is 149 Å². The Morgan fingerprint density at radius 2 is 1.54 bits per heavy atom. The monoisotopic (exact) mass is 357 g/mol. The third kappa shape index (κ3) is 3.01. The molecule has 0 heterocycles. The van der Waals surface area contributed by atoms with Crippen molar-refractivity contribution in [2.24, 2.45) is 5.18 Å². The van der Waals surface area contributed by atoms with Gasteiger partial charge in [0, 0.05) is 10.6 Å². The van der Waals surface area contributed by atoms with Gasteiger partial charge in [-0.2, -0.15) is 0 Å². The first-order valence-corrected chi connectivity index (χ1v) is 7.96. The van der Waals surface area contributed by atoms with Gasteiger partial charge in [0.25, 0.3) is 0 Å². The van der Waals surface area contributed by atoms with E-state index in [4.69, 9.17) is 27.9 Å². The van der Waals surface area contributed by atoms with Crippen molar-refractivity contribution in [1.29, 1.82) is 0 Å². The minimum absolute atomic E-state index is 0.186. The minimum atomic E-state index is 0.186. The smallest absolute Gasteiger partial charge is 0.159 e. The number of ether oxygens (including phenoxy) is 1. The normalized spacial score (nSPS) is 10.5. The van der Waals surface area contributed by atoms with Crippen LogP contribution >= 0.6 is 23.2 Å². The molecule has 0 saturated carbocycles. The van der Waals surface area contributed by atoms with Crippen molar-refractivity contribution in [3.63, 3.8) is 0 Å². The maximum Gasteiger partial charge on any atom is 0.159 e. The number of halogens is 2. The van der Waals surface area contributed by atoms with Gasteiger partial charge in [-0.25, -0.2) is 0 Å². The molecule has 0 aromatic heterocycles. The van der Waals surface area contributed by atoms with Gasteiger partial charge in [-0.1, -0.05) is 59.6 Å². The zero-order valence-electron chi connectivity index (χ0n) is 12.8. The summed E-state index contributed by atoms with van der Waals surface area (Å²) in [4.78, 5) is 11.4. The van der Waals surface area contributed by atoms with Crippen molar-refractivity contribution >= 4 is 28.9 Å². The molecule has 3 aromatic carbocycles. The van der Waals surface area contributed by atoms with E-state index in [-0.39, 0.29) is 5.69 Å². The quantitative estimate of drug-likeness (QED) is 0.485. The molecule has 3 aromatic rings. The molecule has 0 aliphatic carbocycles. The summed E-state index contributed by atoms with van der Waals surface area (Å²) in [6.07, 6.45) is 0. The Bertz CT molecular complexity index is 892. The molecular weight excluding hydrogens is 345 g/mol. The number of nitrogens with zero attached hydrogens (tertiary/aromatic N) is 1. The number of nitroso groups, excluding NO2 is 1. The molecule has 0 unspecified atom stereocenters. The predicted octanol–water partition coefficient (Wildman–Crippen LogP) is 6.73. The van der Waals surface area contributed by atoms with Crippen LogP contribution in [0.2, 0.25) is 10.0 Å². The van der Waals surface area contributed by atoms with Crippen molar-refractivity contribution in [1.82, 2.24) is 0 Å². The summed E-state index contributed by atoms with van der Waals surface area (Å²) in [5.41, 5.74) is 3.43. The van der Waals surface area contributed by atoms with E-state index in [1.54, 1.807) is 12.1 Å². The molecule has 0 N–H and O–H groups in total. The lowest BCUT2D eigenvalue weighted by Crippen LogP contribution is -1.90. The van der Waals surface area contributed by atoms with Crippen LogP contribution in [0.1, 0.15) is 0 Å². The average molecular weight is 358 g/mol. The molecule has 120 valence electrons. The minimum Gasteiger partial charge on any atom is -0.494 e. The summed E-state index contributed by atoms with van der Waals surface area (Å²) < 4.78 is 5.24. The molecule has 0 fully saturated rings. The summed E-state index contributed by atoms with van der Waals surface area (Å²) >= 11 is 12.4. The van der Waals surface area contributed by atoms with Crippen molar-refractivity contribution in [3.05, 3.63) is 75.6 Å². The Balaban J connectivity index is 2.29. The van der Waals surface area contributed by atoms with Crippen LogP contribution in [-0.2, 0) is 0 Å². The fourth-order valence-electron chi connectivity index (χ4n) is 2.64. The highest BCUT2D eigenvalue weighted by Crippen LogP contribution is 2.46. The Hall–Kier alpha value is -2.36. The predicted molar refractivity (Wildman–Crippen MR) is 99.3 cm³/mol. The van der Waals surface area contributed by atoms with Crippen molar-refractivity contribution < 1.29 is 4.74 Å². The van der Waals surface area contributed by atoms with Crippen molar-refractivity contribution in [3.8, 4) is 28.0 Å². The van der Waals surface area contributed by atoms with Crippen molar-refractivity contribution in [2.45, 2.75) is 0 Å². The number of benzene rings is 3. The number of methoxy groups -OCH3 is 1. The van der Waals surface area contributed by atoms with Gasteiger partial charge < -0.3 is 4.74 Å². The first-order valence-electron chi connectivity index (χ1n) is 7.21. The van der Waals surface area contributed by atoms with Gasteiger partial charge in [0.05, 0.1) is 12.1 Å². The van der Waals surface area contributed by atoms with Gasteiger partial charge in [-0.05, 0) is 46.1 Å². The summed E-state index contributed by atoms with van der Waals surface area (Å²) in [5, 5.41) is 4.24. The van der Waals surface area contributed by atoms with E-state index < -0.39 is 0 Å². The van der Waals surface area contributed by atoms with Gasteiger partial charge in [-0.15, -0.1) is 4.91 Å². The standard InChI is InChI=1S/C19H13Cl2NO2/c1-24-17-11-10-16(21)18(19(17)22-23)15-5-3-2-4-14(15)12-6-8-13(20)9-7-12/h2-11H,1H3. The molecular formula is C19H13Cl2NO2. The summed E-state index contributed by atoms with van der Waals surface area (Å²) in [5.74, 6) is 0.385. The second kappa shape index (κ2) is 7.04. The molecule has 0 atom stereocenters. The third-order valence-electron chi connectivity index (χ3n) is 3.75. The fourth-order valence-corrected chi connectivity index (χ4v) is 3.02. The number of hydrogen-bond acceptors (Lipinski definition) is 3. The van der Waals surface area contributed by atoms with E-state index in [1.165, 1.54) is 7.11 Å². The molecule has 3 rings (SSSR count). The van der Waals surface area contributed by atoms with Crippen LogP contribution < -0.4 is 4.74 Å². The molecule has 0 spiro atoms. The van der Waals surface area contributed by atoms with E-state index in [1.807, 2.05) is 48.5 Å². The van der Waals surface area contributed by atoms with Crippen LogP contribution in [-0.4, -0.2) is 7.11 Å². The summed E-state index contributed by atoms with van der Waals surface area (Å²) in [6, 6.07) is 18.5. The van der Waals surface area contributed by atoms with Crippen LogP contribution in [0.4, 0.5) is 5.69 Å². The fraction of sp³-hybridized carbons (Fsp3) is 0.0526. The zero-order chi connectivity index (χ0) is 17.1. The Morgan fingerprint density at radius 3 is 2.17 bits per heavy atom. The molecule has 0 amide bonds. The van der Waals surface area contributed by atoms with Gasteiger partial charge in [0.1, 0.15) is 5.75 Å². The number of rotatable bonds is 4. The lowest BCUT2D eigenvalue weighted by atomic mass is 9.93. The highest BCUT2D eigenvalue weighted by Gasteiger charge is 2.19. The maximum absolute atomic E-state index is 11.4. The molecule has 0 aliphatic heterocycles. The molecule has 0 aliphatic rings. The summed E-state index contributed by atoms with van der Waals surface area (Å²) in [7, 11) is 1.49. The van der Waals surface area contributed by atoms with Crippen LogP contribution in [0, 0.1) is 4.91 Å². The second-order valence-corrected chi connectivity index (χ2v) is 5.96. The summed E-state index contributed by atoms with van der Waals surface area (Å²) in [6.45, 7) is 0. The van der Waals surface area contributed by atoms with E-state index >= 15 is 0 Å². The Morgan fingerprint density at radius 1 is 0.875 bits per heavy atom. The zero-order valence-corrected chi connectivity index (χ0v) is 14.3. The Kier molecular flexibility index (Phi) is 4.84. The number of hydrogen-bond donors (Lipinski definition) is 0. The van der Waals surface area contributed by atoms with Gasteiger partial charge in [0.15, 0.2) is 5.69 Å². The maximum atomic E-state index is 11.4. The van der Waals surface area contributed by atoms with Gasteiger partial charge in [0.2, 0.25) is 0 Å². The van der Waals surface area contributed by atoms with Crippen LogP contribution in [0.3, 0.4) is 0 Å². The molecule has 3 nitrogen and oxygen atoms in total. The van der Waals surface area contributed by atoms with Gasteiger partial charge in [-0.3, -0.25) is 0 Å². The third-order valence-corrected chi connectivity index (χ3v) is 4.32. The van der Waals surface area contributed by atoms with E-state index in [9.17, 15) is 4.91 Å². The SMILES string of the molecule is COc1ccc(Cl)c(-c2ccccc2-c2ccc(Cl)cc2)c1N=O. The lowest BCUT2D eigenvalue weighted by Gasteiger charge is -2.14. The van der Waals surface area contributed by atoms with Crippen LogP contribution in [0.15, 0.2) is 65.8 Å². The second-order valence-electron chi connectivity index (χ2n) is 5.12.